The third kappa shape index (κ3) is 4.28. The van der Waals surface area contributed by atoms with E-state index in [1.807, 2.05) is 18.2 Å². The summed E-state index contributed by atoms with van der Waals surface area (Å²) in [6.07, 6.45) is 0.697. The molecule has 0 bridgehead atoms. The summed E-state index contributed by atoms with van der Waals surface area (Å²) >= 11 is 6.79. The molecule has 0 aliphatic rings. The van der Waals surface area contributed by atoms with E-state index in [4.69, 9.17) is 10.8 Å². The van der Waals surface area contributed by atoms with Crippen molar-refractivity contribution in [3.05, 3.63) is 32.7 Å². The third-order valence-corrected chi connectivity index (χ3v) is 3.60. The summed E-state index contributed by atoms with van der Waals surface area (Å²) in [5.74, 6) is 0. The normalized spacial score (nSPS) is 12.0. The molecule has 0 amide bonds. The van der Waals surface area contributed by atoms with Crippen LogP contribution in [0.3, 0.4) is 0 Å². The van der Waals surface area contributed by atoms with Crippen molar-refractivity contribution in [1.29, 1.82) is 0 Å². The zero-order valence-corrected chi connectivity index (χ0v) is 11.4. The van der Waals surface area contributed by atoms with Crippen molar-refractivity contribution in [1.82, 2.24) is 0 Å². The lowest BCUT2D eigenvalue weighted by atomic mass is 10.1. The summed E-state index contributed by atoms with van der Waals surface area (Å²) in [7, 11) is 0. The van der Waals surface area contributed by atoms with Crippen molar-refractivity contribution in [2.45, 2.75) is 12.5 Å². The number of rotatable bonds is 3. The lowest BCUT2D eigenvalue weighted by molar-refractivity contribution is 0.265. The van der Waals surface area contributed by atoms with Crippen molar-refractivity contribution >= 4 is 44.3 Å². The molecule has 1 unspecified atom stereocenters. The second-order valence-corrected chi connectivity index (χ2v) is 4.60. The zero-order valence-electron chi connectivity index (χ0n) is 7.41. The molecule has 1 aromatic carbocycles. The van der Waals surface area contributed by atoms with E-state index in [9.17, 15) is 0 Å². The van der Waals surface area contributed by atoms with Crippen LogP contribution in [0.25, 0.3) is 0 Å². The minimum atomic E-state index is -0.173. The van der Waals surface area contributed by atoms with Gasteiger partial charge >= 0.3 is 0 Å². The van der Waals surface area contributed by atoms with Crippen LogP contribution in [0, 0.1) is 0 Å². The van der Waals surface area contributed by atoms with Crippen LogP contribution in [0.15, 0.2) is 27.1 Å². The van der Waals surface area contributed by atoms with Crippen molar-refractivity contribution in [3.63, 3.8) is 0 Å². The summed E-state index contributed by atoms with van der Waals surface area (Å²) in [6, 6.07) is 5.78. The van der Waals surface area contributed by atoms with Gasteiger partial charge in [0.15, 0.2) is 0 Å². The summed E-state index contributed by atoms with van der Waals surface area (Å²) in [5, 5.41) is 8.77. The number of halogens is 3. The summed E-state index contributed by atoms with van der Waals surface area (Å²) in [4.78, 5) is 0. The van der Waals surface area contributed by atoms with Crippen LogP contribution in [0.2, 0.25) is 0 Å². The van der Waals surface area contributed by atoms with Crippen molar-refractivity contribution in [2.75, 3.05) is 6.61 Å². The first-order valence-corrected chi connectivity index (χ1v) is 5.52. The molecule has 1 rings (SSSR count). The van der Waals surface area contributed by atoms with Crippen molar-refractivity contribution < 1.29 is 5.11 Å². The molecule has 3 N–H and O–H groups in total. The van der Waals surface area contributed by atoms with E-state index in [2.05, 4.69) is 31.9 Å². The van der Waals surface area contributed by atoms with Crippen LogP contribution < -0.4 is 5.73 Å². The lowest BCUT2D eigenvalue weighted by Crippen LogP contribution is -2.26. The van der Waals surface area contributed by atoms with Gasteiger partial charge in [0.25, 0.3) is 0 Å². The fourth-order valence-corrected chi connectivity index (χ4v) is 1.71. The smallest absolute Gasteiger partial charge is 0.0585 e. The highest BCUT2D eigenvalue weighted by molar-refractivity contribution is 9.13. The van der Waals surface area contributed by atoms with Crippen LogP contribution in [-0.2, 0) is 6.42 Å². The molecule has 5 heteroatoms. The molecular formula is C9H12Br2ClNO. The first-order valence-electron chi connectivity index (χ1n) is 3.94. The Morgan fingerprint density at radius 2 is 1.93 bits per heavy atom. The molecule has 1 atom stereocenters. The number of nitrogens with two attached hydrogens (primary N) is 1. The molecule has 80 valence electrons. The molecule has 0 aliphatic heterocycles. The predicted octanol–water partition coefficient (Wildman–Crippen LogP) is 2.50. The van der Waals surface area contributed by atoms with Crippen molar-refractivity contribution in [2.24, 2.45) is 5.73 Å². The highest BCUT2D eigenvalue weighted by atomic mass is 79.9. The Morgan fingerprint density at radius 3 is 2.43 bits per heavy atom. The Morgan fingerprint density at radius 1 is 1.29 bits per heavy atom. The SMILES string of the molecule is Cl.NC(CO)Cc1ccc(Br)c(Br)c1. The summed E-state index contributed by atoms with van der Waals surface area (Å²) in [5.41, 5.74) is 6.74. The van der Waals surface area contributed by atoms with Gasteiger partial charge < -0.3 is 10.8 Å². The lowest BCUT2D eigenvalue weighted by Gasteiger charge is -2.08. The molecule has 0 saturated heterocycles. The van der Waals surface area contributed by atoms with Gasteiger partial charge in [0, 0.05) is 15.0 Å². The number of hydrogen-bond acceptors (Lipinski definition) is 2. The summed E-state index contributed by atoms with van der Waals surface area (Å²) < 4.78 is 2.03. The van der Waals surface area contributed by atoms with Crippen LogP contribution in [0.1, 0.15) is 5.56 Å². The quantitative estimate of drug-likeness (QED) is 0.884. The average Bonchev–Trinajstić information content (AvgIpc) is 2.11. The Balaban J connectivity index is 0.00000169. The van der Waals surface area contributed by atoms with Crippen LogP contribution in [0.4, 0.5) is 0 Å². The molecule has 0 aromatic heterocycles. The fourth-order valence-electron chi connectivity index (χ4n) is 1.03. The number of aliphatic hydroxyl groups is 1. The molecule has 1 aromatic rings. The van der Waals surface area contributed by atoms with E-state index < -0.39 is 0 Å². The van der Waals surface area contributed by atoms with E-state index in [0.29, 0.717) is 6.42 Å². The van der Waals surface area contributed by atoms with Crippen molar-refractivity contribution in [3.8, 4) is 0 Å². The van der Waals surface area contributed by atoms with E-state index in [1.54, 1.807) is 0 Å². The predicted molar refractivity (Wildman–Crippen MR) is 67.9 cm³/mol. The maximum Gasteiger partial charge on any atom is 0.0585 e. The monoisotopic (exact) mass is 343 g/mol. The maximum absolute atomic E-state index is 8.77. The molecule has 0 saturated carbocycles. The molecule has 14 heavy (non-hydrogen) atoms. The molecule has 0 aliphatic carbocycles. The van der Waals surface area contributed by atoms with Gasteiger partial charge in [0.2, 0.25) is 0 Å². The standard InChI is InChI=1S/C9H11Br2NO.ClH/c10-8-2-1-6(4-9(8)11)3-7(12)5-13;/h1-2,4,7,13H,3,5,12H2;1H. The zero-order chi connectivity index (χ0) is 9.84. The van der Waals surface area contributed by atoms with Crippen LogP contribution >= 0.6 is 44.3 Å². The van der Waals surface area contributed by atoms with Gasteiger partial charge in [0.05, 0.1) is 6.61 Å². The first kappa shape index (κ1) is 14.4. The molecule has 0 spiro atoms. The van der Waals surface area contributed by atoms with Gasteiger partial charge in [0.1, 0.15) is 0 Å². The number of benzene rings is 1. The maximum atomic E-state index is 8.77. The van der Waals surface area contributed by atoms with Crippen LogP contribution in [0.5, 0.6) is 0 Å². The molecule has 2 nitrogen and oxygen atoms in total. The minimum absolute atomic E-state index is 0. The summed E-state index contributed by atoms with van der Waals surface area (Å²) in [6.45, 7) is 0.0215. The average molecular weight is 345 g/mol. The largest absolute Gasteiger partial charge is 0.395 e. The topological polar surface area (TPSA) is 46.2 Å². The number of aliphatic hydroxyl groups excluding tert-OH is 1. The van der Waals surface area contributed by atoms with Gasteiger partial charge in [-0.1, -0.05) is 6.07 Å². The Kier molecular flexibility index (Phi) is 6.99. The van der Waals surface area contributed by atoms with Gasteiger partial charge in [-0.2, -0.15) is 0 Å². The molecule has 0 heterocycles. The van der Waals surface area contributed by atoms with Gasteiger partial charge in [-0.15, -0.1) is 12.4 Å². The minimum Gasteiger partial charge on any atom is -0.395 e. The molecule has 0 fully saturated rings. The first-order chi connectivity index (χ1) is 6.13. The van der Waals surface area contributed by atoms with E-state index in [0.717, 1.165) is 14.5 Å². The molecule has 0 radical (unpaired) electrons. The highest BCUT2D eigenvalue weighted by Crippen LogP contribution is 2.24. The number of hydrogen-bond donors (Lipinski definition) is 2. The Labute approximate surface area is 107 Å². The van der Waals surface area contributed by atoms with E-state index >= 15 is 0 Å². The fraction of sp³-hybridized carbons (Fsp3) is 0.333. The Hall–Kier alpha value is 0.390. The van der Waals surface area contributed by atoms with E-state index in [-0.39, 0.29) is 25.1 Å². The third-order valence-electron chi connectivity index (χ3n) is 1.72. The van der Waals surface area contributed by atoms with Crippen LogP contribution in [-0.4, -0.2) is 17.8 Å². The molecular weight excluding hydrogens is 333 g/mol. The van der Waals surface area contributed by atoms with Gasteiger partial charge in [-0.3, -0.25) is 0 Å². The van der Waals surface area contributed by atoms with Gasteiger partial charge in [-0.25, -0.2) is 0 Å². The Bertz CT molecular complexity index is 296. The second-order valence-electron chi connectivity index (χ2n) is 2.90. The second kappa shape index (κ2) is 6.80. The van der Waals surface area contributed by atoms with Gasteiger partial charge in [-0.05, 0) is 56.0 Å². The van der Waals surface area contributed by atoms with E-state index in [1.165, 1.54) is 0 Å². The highest BCUT2D eigenvalue weighted by Gasteiger charge is 2.03.